The molecule has 3 heteroatoms. The number of aliphatic hydroxyl groups excluding tert-OH is 1. The summed E-state index contributed by atoms with van der Waals surface area (Å²) in [5.41, 5.74) is 0. The molecule has 1 N–H and O–H groups in total. The minimum atomic E-state index is 0.351. The molecular formula is C25H49NO2. The molecule has 0 aromatic carbocycles. The van der Waals surface area contributed by atoms with Crippen LogP contribution in [-0.2, 0) is 4.79 Å². The fraction of sp³-hybridized carbons (Fsp3) is 0.960. The predicted octanol–water partition coefficient (Wildman–Crippen LogP) is 6.66. The summed E-state index contributed by atoms with van der Waals surface area (Å²) >= 11 is 0. The number of aldehydes is 1. The molecule has 1 saturated heterocycles. The van der Waals surface area contributed by atoms with E-state index in [0.717, 1.165) is 25.5 Å². The second-order valence-electron chi connectivity index (χ2n) is 8.96. The number of piperidine rings is 1. The topological polar surface area (TPSA) is 40.5 Å². The van der Waals surface area contributed by atoms with E-state index in [1.807, 2.05) is 0 Å². The van der Waals surface area contributed by atoms with Gasteiger partial charge in [-0.2, -0.15) is 0 Å². The lowest BCUT2D eigenvalue weighted by molar-refractivity contribution is -0.107. The zero-order valence-corrected chi connectivity index (χ0v) is 18.7. The highest BCUT2D eigenvalue weighted by Gasteiger charge is 2.20. The van der Waals surface area contributed by atoms with E-state index in [0.29, 0.717) is 12.6 Å². The van der Waals surface area contributed by atoms with Gasteiger partial charge in [0.2, 0.25) is 0 Å². The normalized spacial score (nSPS) is 17.8. The minimum absolute atomic E-state index is 0.351. The maximum atomic E-state index is 10.2. The smallest absolute Gasteiger partial charge is 0.119 e. The van der Waals surface area contributed by atoms with Crippen LogP contribution in [0.2, 0.25) is 0 Å². The van der Waals surface area contributed by atoms with Gasteiger partial charge in [0.1, 0.15) is 6.29 Å². The molecule has 0 saturated carbocycles. The van der Waals surface area contributed by atoms with Gasteiger partial charge >= 0.3 is 0 Å². The summed E-state index contributed by atoms with van der Waals surface area (Å²) in [5, 5.41) is 9.22. The van der Waals surface area contributed by atoms with E-state index in [9.17, 15) is 9.90 Å². The van der Waals surface area contributed by atoms with Gasteiger partial charge in [-0.05, 0) is 45.2 Å². The lowest BCUT2D eigenvalue weighted by atomic mass is 9.99. The van der Waals surface area contributed by atoms with Crippen LogP contribution >= 0.6 is 0 Å². The largest absolute Gasteiger partial charge is 0.396 e. The van der Waals surface area contributed by atoms with E-state index in [1.54, 1.807) is 0 Å². The van der Waals surface area contributed by atoms with Gasteiger partial charge in [0.05, 0.1) is 0 Å². The van der Waals surface area contributed by atoms with Crippen LogP contribution in [-0.4, -0.2) is 42.0 Å². The molecule has 0 aromatic rings. The van der Waals surface area contributed by atoms with Gasteiger partial charge in [-0.1, -0.05) is 89.9 Å². The van der Waals surface area contributed by atoms with Gasteiger partial charge < -0.3 is 14.8 Å². The first kappa shape index (κ1) is 25.6. The van der Waals surface area contributed by atoms with Crippen molar-refractivity contribution in [2.45, 2.75) is 134 Å². The van der Waals surface area contributed by atoms with Crippen LogP contribution in [0.3, 0.4) is 0 Å². The molecule has 0 aromatic heterocycles. The number of aliphatic hydroxyl groups is 1. The third-order valence-electron chi connectivity index (χ3n) is 6.48. The molecule has 0 bridgehead atoms. The Hall–Kier alpha value is -0.410. The Morgan fingerprint density at radius 3 is 1.71 bits per heavy atom. The molecule has 1 aliphatic rings. The number of likely N-dealkylation sites (tertiary alicyclic amines) is 1. The third kappa shape index (κ3) is 14.6. The molecular weight excluding hydrogens is 346 g/mol. The molecule has 1 aliphatic heterocycles. The van der Waals surface area contributed by atoms with E-state index < -0.39 is 0 Å². The highest BCUT2D eigenvalue weighted by molar-refractivity contribution is 5.48. The first-order chi connectivity index (χ1) is 13.9. The summed E-state index contributed by atoms with van der Waals surface area (Å²) in [7, 11) is 0. The minimum Gasteiger partial charge on any atom is -0.396 e. The Morgan fingerprint density at radius 1 is 0.714 bits per heavy atom. The van der Waals surface area contributed by atoms with Crippen LogP contribution in [0.1, 0.15) is 128 Å². The van der Waals surface area contributed by atoms with Crippen molar-refractivity contribution >= 4 is 6.29 Å². The van der Waals surface area contributed by atoms with E-state index >= 15 is 0 Å². The monoisotopic (exact) mass is 395 g/mol. The molecule has 0 aliphatic carbocycles. The van der Waals surface area contributed by atoms with Gasteiger partial charge in [-0.3, -0.25) is 0 Å². The summed E-state index contributed by atoms with van der Waals surface area (Å²) in [4.78, 5) is 12.9. The molecule has 0 amide bonds. The Kier molecular flexibility index (Phi) is 18.2. The van der Waals surface area contributed by atoms with Crippen LogP contribution in [0.4, 0.5) is 0 Å². The van der Waals surface area contributed by atoms with Crippen molar-refractivity contribution < 1.29 is 9.90 Å². The zero-order chi connectivity index (χ0) is 20.1. The van der Waals surface area contributed by atoms with Crippen molar-refractivity contribution in [3.05, 3.63) is 0 Å². The quantitative estimate of drug-likeness (QED) is 0.185. The highest BCUT2D eigenvalue weighted by atomic mass is 16.3. The van der Waals surface area contributed by atoms with Crippen molar-refractivity contribution in [1.29, 1.82) is 0 Å². The van der Waals surface area contributed by atoms with Crippen LogP contribution in [0.15, 0.2) is 0 Å². The van der Waals surface area contributed by atoms with E-state index in [-0.39, 0.29) is 0 Å². The van der Waals surface area contributed by atoms with Crippen LogP contribution in [0.25, 0.3) is 0 Å². The number of carbonyl (C=O) groups is 1. The van der Waals surface area contributed by atoms with Gasteiger partial charge in [0.15, 0.2) is 0 Å². The Balaban J connectivity index is 1.76. The molecule has 0 radical (unpaired) electrons. The first-order valence-electron chi connectivity index (χ1n) is 12.7. The predicted molar refractivity (Wildman–Crippen MR) is 121 cm³/mol. The number of rotatable bonds is 20. The summed E-state index contributed by atoms with van der Waals surface area (Å²) in [6.45, 7) is 2.86. The number of unbranched alkanes of at least 4 members (excludes halogenated alkanes) is 15. The van der Waals surface area contributed by atoms with Crippen molar-refractivity contribution in [2.24, 2.45) is 0 Å². The van der Waals surface area contributed by atoms with Crippen LogP contribution in [0, 0.1) is 0 Å². The standard InChI is InChI=1S/C25H49NO2/c27-23-18-14-12-10-8-6-4-2-1-3-5-7-9-11-13-16-21-26-22-17-15-19-25(26)20-24-28/h23,25,28H,1-22,24H2. The Labute approximate surface area is 175 Å². The lowest BCUT2D eigenvalue weighted by Gasteiger charge is -2.35. The fourth-order valence-corrected chi connectivity index (χ4v) is 4.67. The highest BCUT2D eigenvalue weighted by Crippen LogP contribution is 2.20. The van der Waals surface area contributed by atoms with E-state index in [2.05, 4.69) is 4.90 Å². The van der Waals surface area contributed by atoms with Gasteiger partial charge in [-0.15, -0.1) is 0 Å². The second kappa shape index (κ2) is 19.9. The molecule has 28 heavy (non-hydrogen) atoms. The molecule has 1 heterocycles. The average molecular weight is 396 g/mol. The number of nitrogens with zero attached hydrogens (tertiary/aromatic N) is 1. The van der Waals surface area contributed by atoms with Crippen molar-refractivity contribution in [2.75, 3.05) is 19.7 Å². The Morgan fingerprint density at radius 2 is 1.21 bits per heavy atom. The van der Waals surface area contributed by atoms with Crippen LogP contribution < -0.4 is 0 Å². The van der Waals surface area contributed by atoms with Gasteiger partial charge in [0.25, 0.3) is 0 Å². The summed E-state index contributed by atoms with van der Waals surface area (Å²) in [6.07, 6.45) is 27.2. The van der Waals surface area contributed by atoms with Crippen molar-refractivity contribution in [3.63, 3.8) is 0 Å². The second-order valence-corrected chi connectivity index (χ2v) is 8.96. The molecule has 1 atom stereocenters. The van der Waals surface area contributed by atoms with Crippen molar-refractivity contribution in [3.8, 4) is 0 Å². The summed E-state index contributed by atoms with van der Waals surface area (Å²) in [5.74, 6) is 0. The van der Waals surface area contributed by atoms with Crippen LogP contribution in [0.5, 0.6) is 0 Å². The zero-order valence-electron chi connectivity index (χ0n) is 18.7. The van der Waals surface area contributed by atoms with Gasteiger partial charge in [-0.25, -0.2) is 0 Å². The molecule has 166 valence electrons. The lowest BCUT2D eigenvalue weighted by Crippen LogP contribution is -2.40. The SMILES string of the molecule is O=CCCCCCCCCCCCCCCCCCN1CCCCC1CCO. The van der Waals surface area contributed by atoms with E-state index in [1.165, 1.54) is 122 Å². The first-order valence-corrected chi connectivity index (χ1v) is 12.7. The van der Waals surface area contributed by atoms with Gasteiger partial charge in [0, 0.05) is 19.1 Å². The molecule has 0 spiro atoms. The fourth-order valence-electron chi connectivity index (χ4n) is 4.67. The molecule has 1 unspecified atom stereocenters. The summed E-state index contributed by atoms with van der Waals surface area (Å²) < 4.78 is 0. The molecule has 3 nitrogen and oxygen atoms in total. The average Bonchev–Trinajstić information content (AvgIpc) is 2.71. The number of hydrogen-bond acceptors (Lipinski definition) is 3. The number of hydrogen-bond donors (Lipinski definition) is 1. The molecule has 1 rings (SSSR count). The summed E-state index contributed by atoms with van der Waals surface area (Å²) in [6, 6.07) is 0.654. The number of carbonyl (C=O) groups excluding carboxylic acids is 1. The van der Waals surface area contributed by atoms with Crippen molar-refractivity contribution in [1.82, 2.24) is 4.90 Å². The maximum absolute atomic E-state index is 10.2. The maximum Gasteiger partial charge on any atom is 0.119 e. The third-order valence-corrected chi connectivity index (χ3v) is 6.48. The molecule has 1 fully saturated rings. The Bertz CT molecular complexity index is 333. The van der Waals surface area contributed by atoms with E-state index in [4.69, 9.17) is 0 Å².